The van der Waals surface area contributed by atoms with Gasteiger partial charge in [0.05, 0.1) is 0 Å². The third kappa shape index (κ3) is 4.45. The summed E-state index contributed by atoms with van der Waals surface area (Å²) < 4.78 is 22.0. The predicted molar refractivity (Wildman–Crippen MR) is 57.9 cm³/mol. The number of halogens is 2. The van der Waals surface area contributed by atoms with Gasteiger partial charge in [-0.05, 0) is 23.8 Å². The molecule has 2 nitrogen and oxygen atoms in total. The van der Waals surface area contributed by atoms with Gasteiger partial charge in [-0.2, -0.15) is 0 Å². The Morgan fingerprint density at radius 1 is 1.23 bits per heavy atom. The van der Waals surface area contributed by atoms with Crippen LogP contribution in [-0.2, 0) is 9.05 Å². The van der Waals surface area contributed by atoms with Crippen LogP contribution in [0.4, 0.5) is 0 Å². The smallest absolute Gasteiger partial charge is 0.208 e. The standard InChI is InChI=1S/C8H6BrClO2S/c9-8-3-1-7(2-4-8)5-6-13(10,11)12/h1-6H/b6-5+. The Labute approximate surface area is 89.8 Å². The molecule has 1 rings (SSSR count). The summed E-state index contributed by atoms with van der Waals surface area (Å²) in [6.07, 6.45) is 1.44. The van der Waals surface area contributed by atoms with Crippen LogP contribution in [0, 0.1) is 0 Å². The topological polar surface area (TPSA) is 34.1 Å². The second-order valence-corrected chi connectivity index (χ2v) is 5.76. The highest BCUT2D eigenvalue weighted by molar-refractivity contribution is 9.10. The lowest BCUT2D eigenvalue weighted by atomic mass is 10.2. The summed E-state index contributed by atoms with van der Waals surface area (Å²) in [7, 11) is 1.44. The molecule has 0 aliphatic rings. The fraction of sp³-hybridized carbons (Fsp3) is 0. The minimum absolute atomic E-state index is 0.785. The minimum Gasteiger partial charge on any atom is -0.208 e. The highest BCUT2D eigenvalue weighted by atomic mass is 79.9. The van der Waals surface area contributed by atoms with Gasteiger partial charge in [0.1, 0.15) is 0 Å². The molecule has 0 aliphatic carbocycles. The highest BCUT2D eigenvalue weighted by Gasteiger charge is 1.96. The van der Waals surface area contributed by atoms with E-state index in [0.717, 1.165) is 15.4 Å². The van der Waals surface area contributed by atoms with Crippen LogP contribution in [0.25, 0.3) is 6.08 Å². The Balaban J connectivity index is 2.88. The van der Waals surface area contributed by atoms with Gasteiger partial charge in [-0.3, -0.25) is 0 Å². The van der Waals surface area contributed by atoms with E-state index in [4.69, 9.17) is 10.7 Å². The first-order valence-corrected chi connectivity index (χ1v) is 6.52. The number of hydrogen-bond acceptors (Lipinski definition) is 2. The summed E-state index contributed by atoms with van der Waals surface area (Å²) in [6.45, 7) is 0. The summed E-state index contributed by atoms with van der Waals surface area (Å²) in [5.41, 5.74) is 0.785. The first-order chi connectivity index (χ1) is 5.97. The first-order valence-electron chi connectivity index (χ1n) is 3.36. The van der Waals surface area contributed by atoms with Crippen LogP contribution in [0.15, 0.2) is 34.1 Å². The van der Waals surface area contributed by atoms with Crippen molar-refractivity contribution in [3.63, 3.8) is 0 Å². The maximum absolute atomic E-state index is 10.5. The van der Waals surface area contributed by atoms with Gasteiger partial charge in [0, 0.05) is 20.6 Å². The largest absolute Gasteiger partial charge is 0.254 e. The summed E-state index contributed by atoms with van der Waals surface area (Å²) >= 11 is 3.27. The van der Waals surface area contributed by atoms with Crippen LogP contribution in [0.3, 0.4) is 0 Å². The fourth-order valence-electron chi connectivity index (χ4n) is 0.734. The maximum atomic E-state index is 10.5. The van der Waals surface area contributed by atoms with Crippen molar-refractivity contribution in [1.29, 1.82) is 0 Å². The average Bonchev–Trinajstić information content (AvgIpc) is 2.02. The molecule has 0 spiro atoms. The zero-order valence-corrected chi connectivity index (χ0v) is 9.60. The predicted octanol–water partition coefficient (Wildman–Crippen LogP) is 2.99. The van der Waals surface area contributed by atoms with Crippen molar-refractivity contribution in [1.82, 2.24) is 0 Å². The van der Waals surface area contributed by atoms with E-state index in [1.165, 1.54) is 6.08 Å². The van der Waals surface area contributed by atoms with Crippen LogP contribution in [0.1, 0.15) is 5.56 Å². The molecule has 0 unspecified atom stereocenters. The van der Waals surface area contributed by atoms with Crippen LogP contribution in [0.5, 0.6) is 0 Å². The third-order valence-electron chi connectivity index (χ3n) is 1.29. The molecule has 0 aromatic heterocycles. The van der Waals surface area contributed by atoms with E-state index in [0.29, 0.717) is 0 Å². The first kappa shape index (κ1) is 10.8. The molecule has 1 aromatic carbocycles. The van der Waals surface area contributed by atoms with Gasteiger partial charge in [0.15, 0.2) is 0 Å². The molecule has 0 saturated heterocycles. The van der Waals surface area contributed by atoms with E-state index in [-0.39, 0.29) is 0 Å². The zero-order chi connectivity index (χ0) is 9.90. The quantitative estimate of drug-likeness (QED) is 0.781. The van der Waals surface area contributed by atoms with Crippen molar-refractivity contribution in [2.45, 2.75) is 0 Å². The third-order valence-corrected chi connectivity index (χ3v) is 2.59. The Hall–Kier alpha value is -0.320. The van der Waals surface area contributed by atoms with Crippen molar-refractivity contribution < 1.29 is 8.42 Å². The second-order valence-electron chi connectivity index (χ2n) is 2.33. The Kier molecular flexibility index (Phi) is 3.53. The normalized spacial score (nSPS) is 12.2. The van der Waals surface area contributed by atoms with Crippen molar-refractivity contribution >= 4 is 41.7 Å². The van der Waals surface area contributed by atoms with Crippen LogP contribution < -0.4 is 0 Å². The van der Waals surface area contributed by atoms with Crippen molar-refractivity contribution in [2.75, 3.05) is 0 Å². The highest BCUT2D eigenvalue weighted by Crippen LogP contribution is 2.12. The fourth-order valence-corrected chi connectivity index (χ4v) is 1.47. The van der Waals surface area contributed by atoms with E-state index in [1.807, 2.05) is 12.1 Å². The lowest BCUT2D eigenvalue weighted by Crippen LogP contribution is -1.79. The van der Waals surface area contributed by atoms with Crippen molar-refractivity contribution in [2.24, 2.45) is 0 Å². The van der Waals surface area contributed by atoms with Crippen molar-refractivity contribution in [3.05, 3.63) is 39.7 Å². The zero-order valence-electron chi connectivity index (χ0n) is 6.44. The van der Waals surface area contributed by atoms with E-state index in [9.17, 15) is 8.42 Å². The number of hydrogen-bond donors (Lipinski definition) is 0. The Morgan fingerprint density at radius 3 is 2.23 bits per heavy atom. The van der Waals surface area contributed by atoms with E-state index >= 15 is 0 Å². The molecule has 1 aromatic rings. The van der Waals surface area contributed by atoms with Crippen LogP contribution in [-0.4, -0.2) is 8.42 Å². The Morgan fingerprint density at radius 2 is 1.77 bits per heavy atom. The van der Waals surface area contributed by atoms with Gasteiger partial charge in [-0.1, -0.05) is 28.1 Å². The summed E-state index contributed by atoms with van der Waals surface area (Å²) in [4.78, 5) is 0. The maximum Gasteiger partial charge on any atom is 0.254 e. The molecule has 0 N–H and O–H groups in total. The number of benzene rings is 1. The molecule has 0 fully saturated rings. The molecule has 70 valence electrons. The Bertz CT molecular complexity index is 408. The van der Waals surface area contributed by atoms with E-state index < -0.39 is 9.05 Å². The van der Waals surface area contributed by atoms with Gasteiger partial charge in [0.2, 0.25) is 0 Å². The molecule has 0 saturated carbocycles. The molecule has 0 atom stereocenters. The van der Waals surface area contributed by atoms with Gasteiger partial charge in [-0.15, -0.1) is 0 Å². The molecule has 0 radical (unpaired) electrons. The lowest BCUT2D eigenvalue weighted by Gasteiger charge is -1.92. The molecule has 0 amide bonds. The van der Waals surface area contributed by atoms with Gasteiger partial charge in [0.25, 0.3) is 9.05 Å². The molecular formula is C8H6BrClO2S. The second kappa shape index (κ2) is 4.26. The number of rotatable bonds is 2. The monoisotopic (exact) mass is 280 g/mol. The molecular weight excluding hydrogens is 276 g/mol. The molecule has 0 aliphatic heterocycles. The minimum atomic E-state index is -3.55. The van der Waals surface area contributed by atoms with Crippen LogP contribution >= 0.6 is 26.6 Å². The van der Waals surface area contributed by atoms with E-state index in [2.05, 4.69) is 15.9 Å². The average molecular weight is 282 g/mol. The lowest BCUT2D eigenvalue weighted by molar-refractivity contribution is 0.617. The summed E-state index contributed by atoms with van der Waals surface area (Å²) in [6, 6.07) is 7.20. The molecule has 13 heavy (non-hydrogen) atoms. The van der Waals surface area contributed by atoms with Gasteiger partial charge < -0.3 is 0 Å². The summed E-state index contributed by atoms with van der Waals surface area (Å²) in [5, 5.41) is 0.956. The summed E-state index contributed by atoms with van der Waals surface area (Å²) in [5.74, 6) is 0. The molecule has 0 heterocycles. The van der Waals surface area contributed by atoms with Crippen molar-refractivity contribution in [3.8, 4) is 0 Å². The SMILES string of the molecule is O=S(=O)(Cl)/C=C/c1ccc(Br)cc1. The van der Waals surface area contributed by atoms with E-state index in [1.54, 1.807) is 12.1 Å². The molecule has 5 heteroatoms. The van der Waals surface area contributed by atoms with Gasteiger partial charge >= 0.3 is 0 Å². The van der Waals surface area contributed by atoms with Gasteiger partial charge in [-0.25, -0.2) is 8.42 Å². The van der Waals surface area contributed by atoms with Crippen LogP contribution in [0.2, 0.25) is 0 Å². The molecule has 0 bridgehead atoms.